The van der Waals surface area contributed by atoms with Gasteiger partial charge < -0.3 is 19.9 Å². The van der Waals surface area contributed by atoms with Crippen molar-refractivity contribution in [2.24, 2.45) is 0 Å². The normalized spacial score (nSPS) is 14.9. The molecule has 0 unspecified atom stereocenters. The number of anilines is 2. The van der Waals surface area contributed by atoms with E-state index in [9.17, 15) is 0 Å². The molecule has 0 saturated carbocycles. The summed E-state index contributed by atoms with van der Waals surface area (Å²) in [5.74, 6) is 0.761. The Balaban J connectivity index is 1.46. The second kappa shape index (κ2) is 9.02. The van der Waals surface area contributed by atoms with Gasteiger partial charge in [-0.25, -0.2) is 0 Å². The molecule has 1 fully saturated rings. The van der Waals surface area contributed by atoms with Gasteiger partial charge in [-0.15, -0.1) is 10.2 Å². The molecule has 3 heterocycles. The molecular weight excluding hydrogens is 408 g/mol. The summed E-state index contributed by atoms with van der Waals surface area (Å²) in [6.45, 7) is 8.07. The highest BCUT2D eigenvalue weighted by Crippen LogP contribution is 2.29. The van der Waals surface area contributed by atoms with E-state index in [1.54, 1.807) is 18.4 Å². The molecule has 29 heavy (non-hydrogen) atoms. The minimum Gasteiger partial charge on any atom is -0.495 e. The number of benzene rings is 1. The van der Waals surface area contributed by atoms with Gasteiger partial charge in [-0.2, -0.15) is 0 Å². The smallest absolute Gasteiger partial charge is 0.218 e. The van der Waals surface area contributed by atoms with Crippen LogP contribution in [0.3, 0.4) is 0 Å². The zero-order valence-corrected chi connectivity index (χ0v) is 18.2. The van der Waals surface area contributed by atoms with E-state index in [-0.39, 0.29) is 0 Å². The van der Waals surface area contributed by atoms with E-state index in [1.807, 2.05) is 30.5 Å². The molecule has 0 atom stereocenters. The van der Waals surface area contributed by atoms with Gasteiger partial charge >= 0.3 is 0 Å². The molecule has 7 nitrogen and oxygen atoms in total. The first-order chi connectivity index (χ1) is 14.2. The number of likely N-dealkylation sites (N-methyl/N-ethyl adjacent to an activating group) is 1. The second-order valence-electron chi connectivity index (χ2n) is 6.86. The van der Waals surface area contributed by atoms with Gasteiger partial charge in [0.15, 0.2) is 0 Å². The predicted molar refractivity (Wildman–Crippen MR) is 119 cm³/mol. The largest absolute Gasteiger partial charge is 0.495 e. The average Bonchev–Trinajstić information content (AvgIpc) is 3.41. The van der Waals surface area contributed by atoms with Crippen LogP contribution in [0.15, 0.2) is 36.5 Å². The molecule has 1 aromatic carbocycles. The van der Waals surface area contributed by atoms with Crippen molar-refractivity contribution in [3.8, 4) is 10.9 Å². The van der Waals surface area contributed by atoms with Crippen molar-refractivity contribution in [2.45, 2.75) is 13.5 Å². The monoisotopic (exact) mass is 432 g/mol. The molecule has 0 radical (unpaired) electrons. The highest BCUT2D eigenvalue weighted by molar-refractivity contribution is 7.17. The maximum Gasteiger partial charge on any atom is 0.218 e. The van der Waals surface area contributed by atoms with Crippen molar-refractivity contribution in [1.82, 2.24) is 19.7 Å². The van der Waals surface area contributed by atoms with Crippen LogP contribution in [0.5, 0.6) is 5.75 Å². The molecule has 0 amide bonds. The Hall–Kier alpha value is -2.29. The summed E-state index contributed by atoms with van der Waals surface area (Å²) in [5, 5.41) is 14.8. The highest BCUT2D eigenvalue weighted by atomic mass is 35.5. The Morgan fingerprint density at radius 2 is 1.93 bits per heavy atom. The number of halogens is 1. The molecule has 1 N–H and O–H groups in total. The van der Waals surface area contributed by atoms with Gasteiger partial charge in [-0.1, -0.05) is 29.9 Å². The summed E-state index contributed by atoms with van der Waals surface area (Å²) >= 11 is 7.76. The van der Waals surface area contributed by atoms with Crippen LogP contribution in [0.4, 0.5) is 10.8 Å². The lowest BCUT2D eigenvalue weighted by Gasteiger charge is -2.33. The van der Waals surface area contributed by atoms with E-state index < -0.39 is 0 Å². The summed E-state index contributed by atoms with van der Waals surface area (Å²) in [7, 11) is 1.65. The summed E-state index contributed by atoms with van der Waals surface area (Å²) in [6, 6.07) is 9.64. The van der Waals surface area contributed by atoms with Gasteiger partial charge in [0.25, 0.3) is 0 Å². The predicted octanol–water partition coefficient (Wildman–Crippen LogP) is 3.74. The SMILES string of the molecule is CCN1CCN(c2nnc(-n3cccc3CNc3cc(Cl)ccc3OC)s2)CC1. The molecule has 0 aliphatic carbocycles. The van der Waals surface area contributed by atoms with Gasteiger partial charge in [0.1, 0.15) is 5.75 Å². The summed E-state index contributed by atoms with van der Waals surface area (Å²) < 4.78 is 7.49. The number of ether oxygens (including phenoxy) is 1. The maximum absolute atomic E-state index is 6.13. The molecular formula is C20H25ClN6OS. The van der Waals surface area contributed by atoms with Crippen LogP contribution in [-0.4, -0.2) is 59.5 Å². The number of nitrogens with zero attached hydrogens (tertiary/aromatic N) is 5. The van der Waals surface area contributed by atoms with Gasteiger partial charge in [0.05, 0.1) is 19.3 Å². The van der Waals surface area contributed by atoms with Crippen LogP contribution in [0, 0.1) is 0 Å². The van der Waals surface area contributed by atoms with Crippen molar-refractivity contribution in [3.05, 3.63) is 47.2 Å². The van der Waals surface area contributed by atoms with E-state index in [2.05, 4.69) is 42.9 Å². The lowest BCUT2D eigenvalue weighted by Crippen LogP contribution is -2.46. The van der Waals surface area contributed by atoms with Gasteiger partial charge in [-0.3, -0.25) is 4.57 Å². The Bertz CT molecular complexity index is 950. The lowest BCUT2D eigenvalue weighted by atomic mass is 10.3. The number of methoxy groups -OCH3 is 1. The Morgan fingerprint density at radius 3 is 2.69 bits per heavy atom. The molecule has 2 aromatic heterocycles. The standard InChI is InChI=1S/C20H25ClN6OS/c1-3-25-9-11-26(12-10-25)19-23-24-20(29-19)27-8-4-5-16(27)14-22-17-13-15(21)6-7-18(17)28-2/h4-8,13,22H,3,9-12,14H2,1-2H3. The third-order valence-electron chi connectivity index (χ3n) is 5.15. The highest BCUT2D eigenvalue weighted by Gasteiger charge is 2.20. The van der Waals surface area contributed by atoms with Crippen LogP contribution in [0.2, 0.25) is 5.02 Å². The summed E-state index contributed by atoms with van der Waals surface area (Å²) in [4.78, 5) is 4.78. The first-order valence-corrected chi connectivity index (χ1v) is 10.9. The van der Waals surface area contributed by atoms with Gasteiger partial charge in [-0.05, 0) is 36.9 Å². The van der Waals surface area contributed by atoms with E-state index in [4.69, 9.17) is 16.3 Å². The quantitative estimate of drug-likeness (QED) is 0.613. The first kappa shape index (κ1) is 20.0. The van der Waals surface area contributed by atoms with E-state index in [0.29, 0.717) is 11.6 Å². The maximum atomic E-state index is 6.13. The summed E-state index contributed by atoms with van der Waals surface area (Å²) in [5.41, 5.74) is 1.95. The molecule has 0 bridgehead atoms. The lowest BCUT2D eigenvalue weighted by molar-refractivity contribution is 0.271. The third-order valence-corrected chi connectivity index (χ3v) is 6.37. The zero-order valence-electron chi connectivity index (χ0n) is 16.6. The fourth-order valence-electron chi connectivity index (χ4n) is 3.44. The van der Waals surface area contributed by atoms with Gasteiger partial charge in [0.2, 0.25) is 10.3 Å². The van der Waals surface area contributed by atoms with Gasteiger partial charge in [0, 0.05) is 43.1 Å². The third kappa shape index (κ3) is 4.49. The molecule has 1 aliphatic heterocycles. The van der Waals surface area contributed by atoms with Crippen LogP contribution < -0.4 is 15.0 Å². The average molecular weight is 433 g/mol. The minimum atomic E-state index is 0.619. The fraction of sp³-hybridized carbons (Fsp3) is 0.400. The van der Waals surface area contributed by atoms with Crippen molar-refractivity contribution < 1.29 is 4.74 Å². The Morgan fingerprint density at radius 1 is 1.14 bits per heavy atom. The molecule has 3 aromatic rings. The Kier molecular flexibility index (Phi) is 6.22. The van der Waals surface area contributed by atoms with E-state index in [1.165, 1.54) is 0 Å². The van der Waals surface area contributed by atoms with E-state index in [0.717, 1.165) is 60.1 Å². The van der Waals surface area contributed by atoms with Crippen LogP contribution >= 0.6 is 22.9 Å². The number of hydrogen-bond donors (Lipinski definition) is 1. The molecule has 9 heteroatoms. The molecule has 0 spiro atoms. The molecule has 1 saturated heterocycles. The topological polar surface area (TPSA) is 58.5 Å². The van der Waals surface area contributed by atoms with E-state index >= 15 is 0 Å². The minimum absolute atomic E-state index is 0.619. The number of piperazine rings is 1. The van der Waals surface area contributed by atoms with Crippen LogP contribution in [-0.2, 0) is 6.54 Å². The zero-order chi connectivity index (χ0) is 20.2. The molecule has 4 rings (SSSR count). The first-order valence-electron chi connectivity index (χ1n) is 9.72. The van der Waals surface area contributed by atoms with Crippen molar-refractivity contribution in [1.29, 1.82) is 0 Å². The van der Waals surface area contributed by atoms with Crippen LogP contribution in [0.1, 0.15) is 12.6 Å². The second-order valence-corrected chi connectivity index (χ2v) is 8.23. The molecule has 154 valence electrons. The van der Waals surface area contributed by atoms with Crippen molar-refractivity contribution >= 4 is 33.8 Å². The summed E-state index contributed by atoms with van der Waals surface area (Å²) in [6.07, 6.45) is 2.02. The Labute approximate surface area is 179 Å². The number of rotatable bonds is 7. The molecule has 1 aliphatic rings. The fourth-order valence-corrected chi connectivity index (χ4v) is 4.53. The van der Waals surface area contributed by atoms with Crippen molar-refractivity contribution in [2.75, 3.05) is 50.1 Å². The van der Waals surface area contributed by atoms with Crippen molar-refractivity contribution in [3.63, 3.8) is 0 Å². The number of nitrogens with one attached hydrogen (secondary N) is 1. The van der Waals surface area contributed by atoms with Crippen LogP contribution in [0.25, 0.3) is 5.13 Å². The number of hydrogen-bond acceptors (Lipinski definition) is 7. The number of aromatic nitrogens is 3.